The lowest BCUT2D eigenvalue weighted by atomic mass is 9.74. The number of para-hydroxylation sites is 1. The molecule has 2 aromatic carbocycles. The Morgan fingerprint density at radius 3 is 2.43 bits per heavy atom. The van der Waals surface area contributed by atoms with Gasteiger partial charge in [0, 0.05) is 25.8 Å². The maximum absolute atomic E-state index is 15.1. The van der Waals surface area contributed by atoms with Crippen molar-refractivity contribution in [2.45, 2.75) is 76.0 Å². The van der Waals surface area contributed by atoms with Gasteiger partial charge in [-0.05, 0) is 43.4 Å². The molecule has 0 saturated carbocycles. The van der Waals surface area contributed by atoms with Gasteiger partial charge in [0.25, 0.3) is 5.91 Å². The number of esters is 1. The Hall–Kier alpha value is -4.32. The highest BCUT2D eigenvalue weighted by atomic mass is 16.6. The number of nitrogens with zero attached hydrogens (tertiary/aromatic N) is 2. The average Bonchev–Trinajstić information content (AvgIpc) is 3.74. The standard InChI is InChI=1S/C38H45N3O8/c1-5-26(21-42)41-34-36(45)40(32-23(2)13-12-14-24(32)3)20-11-7-10-17-29(43)39-27(22-47-4)33(25-15-8-6-9-16-25)48-37(46)30-28-18-19-38(34,49-28)31(30)35(41)44/h6-9,11-16,18-19,26-28,30-31,33-34,42H,5,10,17,20-22H2,1-4H3,(H,39,43)/b11-7-/t26-,27-,28+,30-,31-,33-,34+,38-/m0/s1. The molecule has 3 amide bonds. The Kier molecular flexibility index (Phi) is 10.1. The summed E-state index contributed by atoms with van der Waals surface area (Å²) in [5, 5.41) is 13.5. The number of hydrogen-bond donors (Lipinski definition) is 2. The minimum absolute atomic E-state index is 0.0645. The van der Waals surface area contributed by atoms with Crippen LogP contribution in [0, 0.1) is 25.7 Å². The summed E-state index contributed by atoms with van der Waals surface area (Å²) in [4.78, 5) is 60.5. The number of hydrogen-bond acceptors (Lipinski definition) is 8. The second-order valence-corrected chi connectivity index (χ2v) is 13.3. The number of allylic oxidation sites excluding steroid dienone is 1. The minimum Gasteiger partial charge on any atom is -0.455 e. The second-order valence-electron chi connectivity index (χ2n) is 13.3. The number of methoxy groups -OCH3 is 1. The quantitative estimate of drug-likeness (QED) is 0.338. The summed E-state index contributed by atoms with van der Waals surface area (Å²) in [7, 11) is 1.51. The van der Waals surface area contributed by atoms with Crippen molar-refractivity contribution in [2.24, 2.45) is 11.8 Å². The van der Waals surface area contributed by atoms with Gasteiger partial charge in [-0.1, -0.05) is 79.8 Å². The van der Waals surface area contributed by atoms with E-state index >= 15 is 4.79 Å². The molecule has 4 aliphatic rings. The number of carbonyl (C=O) groups excluding carboxylic acids is 4. The summed E-state index contributed by atoms with van der Waals surface area (Å²) in [6.07, 6.45) is 6.40. The lowest BCUT2D eigenvalue weighted by Crippen LogP contribution is -2.58. The normalized spacial score (nSPS) is 31.4. The molecule has 260 valence electrons. The molecule has 2 aromatic rings. The van der Waals surface area contributed by atoms with E-state index in [0.29, 0.717) is 24.1 Å². The molecule has 2 saturated heterocycles. The summed E-state index contributed by atoms with van der Waals surface area (Å²) in [6.45, 7) is 5.57. The number of cyclic esters (lactones) is 1. The van der Waals surface area contributed by atoms with Crippen LogP contribution in [0.4, 0.5) is 5.69 Å². The summed E-state index contributed by atoms with van der Waals surface area (Å²) in [5.74, 6) is -3.88. The molecule has 2 fully saturated rings. The molecule has 11 nitrogen and oxygen atoms in total. The van der Waals surface area contributed by atoms with Crippen LogP contribution < -0.4 is 10.2 Å². The first kappa shape index (κ1) is 34.5. The molecule has 49 heavy (non-hydrogen) atoms. The molecule has 6 rings (SSSR count). The molecule has 0 unspecified atom stereocenters. The topological polar surface area (TPSA) is 135 Å². The molecule has 8 atom stereocenters. The lowest BCUT2D eigenvalue weighted by molar-refractivity contribution is -0.162. The van der Waals surface area contributed by atoms with Crippen molar-refractivity contribution in [3.63, 3.8) is 0 Å². The molecule has 0 radical (unpaired) electrons. The fourth-order valence-electron chi connectivity index (χ4n) is 8.04. The molecule has 0 aromatic heterocycles. The third-order valence-corrected chi connectivity index (χ3v) is 10.3. The molecule has 2 N–H and O–H groups in total. The van der Waals surface area contributed by atoms with Crippen molar-refractivity contribution in [2.75, 3.05) is 31.8 Å². The zero-order valence-corrected chi connectivity index (χ0v) is 28.4. The Balaban J connectivity index is 1.50. The van der Waals surface area contributed by atoms with E-state index in [1.54, 1.807) is 17.1 Å². The van der Waals surface area contributed by atoms with Gasteiger partial charge in [0.2, 0.25) is 11.8 Å². The van der Waals surface area contributed by atoms with Crippen LogP contribution in [-0.4, -0.2) is 90.4 Å². The number of benzene rings is 2. The van der Waals surface area contributed by atoms with E-state index in [0.717, 1.165) is 11.1 Å². The molecular formula is C38H45N3O8. The van der Waals surface area contributed by atoms with Crippen molar-refractivity contribution in [3.05, 3.63) is 89.5 Å². The number of aliphatic hydroxyl groups is 1. The highest BCUT2D eigenvalue weighted by Crippen LogP contribution is 2.56. The van der Waals surface area contributed by atoms with E-state index in [1.165, 1.54) is 12.0 Å². The Morgan fingerprint density at radius 1 is 1.02 bits per heavy atom. The van der Waals surface area contributed by atoms with E-state index < -0.39 is 59.6 Å². The summed E-state index contributed by atoms with van der Waals surface area (Å²) in [5.41, 5.74) is 1.64. The largest absolute Gasteiger partial charge is 0.455 e. The Labute approximate surface area is 286 Å². The second kappa shape index (κ2) is 14.3. The number of ether oxygens (including phenoxy) is 3. The first-order valence-electron chi connectivity index (χ1n) is 17.0. The zero-order chi connectivity index (χ0) is 34.9. The van der Waals surface area contributed by atoms with Crippen LogP contribution in [0.2, 0.25) is 0 Å². The number of likely N-dealkylation sites (tertiary alicyclic amines) is 1. The first-order chi connectivity index (χ1) is 23.7. The molecule has 1 spiro atoms. The van der Waals surface area contributed by atoms with Gasteiger partial charge in [-0.15, -0.1) is 0 Å². The summed E-state index contributed by atoms with van der Waals surface area (Å²) >= 11 is 0. The molecule has 5 bridgehead atoms. The number of amides is 3. The predicted octanol–water partition coefficient (Wildman–Crippen LogP) is 3.32. The maximum Gasteiger partial charge on any atom is 0.313 e. The Morgan fingerprint density at radius 2 is 1.76 bits per heavy atom. The van der Waals surface area contributed by atoms with Crippen LogP contribution in [0.1, 0.15) is 49.0 Å². The van der Waals surface area contributed by atoms with E-state index in [9.17, 15) is 19.5 Å². The lowest BCUT2D eigenvalue weighted by Gasteiger charge is -2.39. The van der Waals surface area contributed by atoms with E-state index in [1.807, 2.05) is 81.5 Å². The van der Waals surface area contributed by atoms with Crippen LogP contribution in [0.3, 0.4) is 0 Å². The molecule has 4 aliphatic heterocycles. The van der Waals surface area contributed by atoms with Crippen molar-refractivity contribution < 1.29 is 38.5 Å². The van der Waals surface area contributed by atoms with E-state index in [2.05, 4.69) is 5.32 Å². The van der Waals surface area contributed by atoms with Gasteiger partial charge in [-0.25, -0.2) is 0 Å². The van der Waals surface area contributed by atoms with Crippen molar-refractivity contribution in [1.29, 1.82) is 0 Å². The fourth-order valence-corrected chi connectivity index (χ4v) is 8.04. The molecule has 4 heterocycles. The average molecular weight is 672 g/mol. The van der Waals surface area contributed by atoms with Crippen molar-refractivity contribution >= 4 is 29.4 Å². The number of carbonyl (C=O) groups is 4. The number of rotatable bonds is 7. The maximum atomic E-state index is 15.1. The predicted molar refractivity (Wildman–Crippen MR) is 181 cm³/mol. The smallest absolute Gasteiger partial charge is 0.313 e. The van der Waals surface area contributed by atoms with Gasteiger partial charge in [-0.3, -0.25) is 19.2 Å². The van der Waals surface area contributed by atoms with Gasteiger partial charge in [0.1, 0.15) is 23.7 Å². The highest BCUT2D eigenvalue weighted by Gasteiger charge is 2.74. The van der Waals surface area contributed by atoms with Crippen LogP contribution >= 0.6 is 0 Å². The SMILES string of the molecule is CC[C@@H](CO)N1C(=O)[C@@H]2[C@H]3C(=O)O[C@@H](c4ccccc4)[C@H](COC)NC(=O)CC/C=C\CN(c4c(C)cccc4C)C(=O)[C@@H]1[C@]21C=C[C@H]3O1. The third-order valence-electron chi connectivity index (χ3n) is 10.3. The van der Waals surface area contributed by atoms with E-state index in [4.69, 9.17) is 14.2 Å². The van der Waals surface area contributed by atoms with Crippen molar-refractivity contribution in [3.8, 4) is 0 Å². The highest BCUT2D eigenvalue weighted by molar-refractivity contribution is 6.06. The van der Waals surface area contributed by atoms with Crippen LogP contribution in [0.15, 0.2) is 72.8 Å². The number of nitrogens with one attached hydrogen (secondary N) is 1. The van der Waals surface area contributed by atoms with Gasteiger partial charge in [0.15, 0.2) is 0 Å². The zero-order valence-electron chi connectivity index (χ0n) is 28.4. The molecule has 11 heteroatoms. The summed E-state index contributed by atoms with van der Waals surface area (Å²) in [6, 6.07) is 12.3. The Bertz CT molecular complexity index is 1620. The first-order valence-corrected chi connectivity index (χ1v) is 17.0. The van der Waals surface area contributed by atoms with Crippen LogP contribution in [-0.2, 0) is 33.4 Å². The van der Waals surface area contributed by atoms with Gasteiger partial charge in [-0.2, -0.15) is 0 Å². The minimum atomic E-state index is -1.46. The van der Waals surface area contributed by atoms with Crippen LogP contribution in [0.5, 0.6) is 0 Å². The van der Waals surface area contributed by atoms with Crippen LogP contribution in [0.25, 0.3) is 0 Å². The van der Waals surface area contributed by atoms with Crippen molar-refractivity contribution in [1.82, 2.24) is 10.2 Å². The number of aryl methyl sites for hydroxylation is 2. The fraction of sp³-hybridized carbons (Fsp3) is 0.474. The van der Waals surface area contributed by atoms with Gasteiger partial charge < -0.3 is 34.4 Å². The van der Waals surface area contributed by atoms with E-state index in [-0.39, 0.29) is 38.0 Å². The third kappa shape index (κ3) is 6.08. The number of fused-ring (bicyclic) bond motifs is 2. The number of anilines is 1. The molecular weight excluding hydrogens is 626 g/mol. The van der Waals surface area contributed by atoms with Gasteiger partial charge in [0.05, 0.1) is 37.3 Å². The monoisotopic (exact) mass is 671 g/mol. The number of aliphatic hydroxyl groups excluding tert-OH is 1. The summed E-state index contributed by atoms with van der Waals surface area (Å²) < 4.78 is 18.4. The molecule has 0 aliphatic carbocycles. The van der Waals surface area contributed by atoms with Gasteiger partial charge >= 0.3 is 5.97 Å².